The van der Waals surface area contributed by atoms with Gasteiger partial charge in [0, 0.05) is 30.2 Å². The minimum absolute atomic E-state index is 0.224. The Hall–Kier alpha value is -1.59. The molecule has 1 saturated heterocycles. The van der Waals surface area contributed by atoms with Gasteiger partial charge in [-0.15, -0.1) is 0 Å². The van der Waals surface area contributed by atoms with Crippen LogP contribution in [0.2, 0.25) is 5.02 Å². The maximum absolute atomic E-state index is 6.05. The molecule has 22 heavy (non-hydrogen) atoms. The van der Waals surface area contributed by atoms with Crippen molar-refractivity contribution in [2.75, 3.05) is 13.6 Å². The van der Waals surface area contributed by atoms with Crippen molar-refractivity contribution in [2.24, 2.45) is 11.8 Å². The number of benzene rings is 1. The van der Waals surface area contributed by atoms with Crippen LogP contribution >= 0.6 is 23.8 Å². The van der Waals surface area contributed by atoms with Crippen LogP contribution in [0.4, 0.5) is 0 Å². The fraction of sp³-hybridized carbons (Fsp3) is 0.375. The van der Waals surface area contributed by atoms with Crippen LogP contribution in [0.5, 0.6) is 0 Å². The number of hydrogen-bond acceptors (Lipinski definition) is 3. The fourth-order valence-electron chi connectivity index (χ4n) is 3.40. The zero-order chi connectivity index (χ0) is 15.3. The van der Waals surface area contributed by atoms with E-state index in [-0.39, 0.29) is 6.04 Å². The van der Waals surface area contributed by atoms with Crippen molar-refractivity contribution in [1.29, 1.82) is 0 Å². The predicted octanol–water partition coefficient (Wildman–Crippen LogP) is 3.49. The number of nitrogens with one attached hydrogen (secondary N) is 1. The van der Waals surface area contributed by atoms with Crippen molar-refractivity contribution < 1.29 is 4.52 Å². The maximum Gasteiger partial charge on any atom is 0.169 e. The Morgan fingerprint density at radius 3 is 3.09 bits per heavy atom. The third kappa shape index (κ3) is 2.29. The number of nitrogens with zero attached hydrogens (tertiary/aromatic N) is 2. The van der Waals surface area contributed by atoms with Gasteiger partial charge in [-0.05, 0) is 42.6 Å². The third-order valence-corrected chi connectivity index (χ3v) is 5.24. The van der Waals surface area contributed by atoms with Crippen LogP contribution in [0, 0.1) is 11.8 Å². The number of hydrogen-bond donors (Lipinski definition) is 1. The van der Waals surface area contributed by atoms with Crippen LogP contribution in [0.15, 0.2) is 34.9 Å². The second-order valence-electron chi connectivity index (χ2n) is 5.94. The molecule has 1 N–H and O–H groups in total. The smallest absolute Gasteiger partial charge is 0.169 e. The molecule has 0 spiro atoms. The van der Waals surface area contributed by atoms with E-state index in [1.807, 2.05) is 37.4 Å². The molecule has 1 aliphatic heterocycles. The Morgan fingerprint density at radius 1 is 1.45 bits per heavy atom. The summed E-state index contributed by atoms with van der Waals surface area (Å²) in [6.07, 6.45) is 1.26. The van der Waals surface area contributed by atoms with Crippen molar-refractivity contribution in [1.82, 2.24) is 15.4 Å². The average molecular weight is 334 g/mol. The molecule has 0 radical (unpaired) electrons. The first-order valence-corrected chi connectivity index (χ1v) is 8.17. The maximum atomic E-state index is 6.05. The monoisotopic (exact) mass is 333 g/mol. The van der Waals surface area contributed by atoms with Crippen LogP contribution in [-0.2, 0) is 0 Å². The summed E-state index contributed by atoms with van der Waals surface area (Å²) in [6, 6.07) is 9.86. The van der Waals surface area contributed by atoms with Gasteiger partial charge in [0.25, 0.3) is 0 Å². The summed E-state index contributed by atoms with van der Waals surface area (Å²) in [5, 5.41) is 8.85. The van der Waals surface area contributed by atoms with Crippen LogP contribution in [0.25, 0.3) is 11.3 Å². The first-order valence-electron chi connectivity index (χ1n) is 7.38. The van der Waals surface area contributed by atoms with Crippen LogP contribution in [0.1, 0.15) is 18.2 Å². The van der Waals surface area contributed by atoms with Gasteiger partial charge in [-0.2, -0.15) is 0 Å². The minimum Gasteiger partial charge on any atom is -0.366 e. The van der Waals surface area contributed by atoms with E-state index in [0.717, 1.165) is 34.6 Å². The van der Waals surface area contributed by atoms with E-state index in [2.05, 4.69) is 15.4 Å². The molecule has 2 aromatic rings. The largest absolute Gasteiger partial charge is 0.366 e. The lowest BCUT2D eigenvalue weighted by Crippen LogP contribution is -2.39. The summed E-state index contributed by atoms with van der Waals surface area (Å²) in [7, 11) is 1.86. The number of thiocarbonyl (C=S) groups is 1. The number of aromatic nitrogens is 1. The fourth-order valence-corrected chi connectivity index (χ4v) is 3.78. The molecule has 2 aliphatic rings. The van der Waals surface area contributed by atoms with E-state index in [1.54, 1.807) is 0 Å². The quantitative estimate of drug-likeness (QED) is 0.852. The second kappa shape index (κ2) is 5.25. The Kier molecular flexibility index (Phi) is 3.35. The Labute approximate surface area is 139 Å². The zero-order valence-electron chi connectivity index (χ0n) is 12.1. The molecule has 1 aromatic carbocycles. The SMILES string of the molecule is CNC(=S)N1C[C@H]2C[C@H]2[C@@H]1c1cc(-c2cccc(Cl)c2)on1. The van der Waals surface area contributed by atoms with Gasteiger partial charge in [0.15, 0.2) is 10.9 Å². The normalized spacial score (nSPS) is 25.9. The van der Waals surface area contributed by atoms with Gasteiger partial charge in [-0.3, -0.25) is 0 Å². The summed E-state index contributed by atoms with van der Waals surface area (Å²) < 4.78 is 5.55. The molecule has 6 heteroatoms. The molecular weight excluding hydrogens is 318 g/mol. The highest BCUT2D eigenvalue weighted by molar-refractivity contribution is 7.80. The van der Waals surface area contributed by atoms with Crippen molar-refractivity contribution in [3.8, 4) is 11.3 Å². The topological polar surface area (TPSA) is 41.3 Å². The lowest BCUT2D eigenvalue weighted by atomic mass is 10.1. The Balaban J connectivity index is 1.64. The van der Waals surface area contributed by atoms with Crippen molar-refractivity contribution in [3.63, 3.8) is 0 Å². The first kappa shape index (κ1) is 14.0. The van der Waals surface area contributed by atoms with E-state index in [0.29, 0.717) is 10.9 Å². The van der Waals surface area contributed by atoms with Gasteiger partial charge < -0.3 is 14.7 Å². The molecule has 3 atom stereocenters. The van der Waals surface area contributed by atoms with Crippen LogP contribution < -0.4 is 5.32 Å². The third-order valence-electron chi connectivity index (χ3n) is 4.57. The Morgan fingerprint density at radius 2 is 2.32 bits per heavy atom. The van der Waals surface area contributed by atoms with Crippen LogP contribution in [-0.4, -0.2) is 28.8 Å². The number of likely N-dealkylation sites (tertiary alicyclic amines) is 1. The summed E-state index contributed by atoms with van der Waals surface area (Å²) in [4.78, 5) is 2.23. The summed E-state index contributed by atoms with van der Waals surface area (Å²) >= 11 is 11.5. The number of fused-ring (bicyclic) bond motifs is 1. The molecule has 1 aromatic heterocycles. The number of rotatable bonds is 2. The van der Waals surface area contributed by atoms with E-state index < -0.39 is 0 Å². The average Bonchev–Trinajstić information content (AvgIpc) is 2.97. The van der Waals surface area contributed by atoms with Crippen LogP contribution in [0.3, 0.4) is 0 Å². The first-order chi connectivity index (χ1) is 10.7. The lowest BCUT2D eigenvalue weighted by Gasteiger charge is -2.27. The van der Waals surface area contributed by atoms with Gasteiger partial charge in [0.1, 0.15) is 5.69 Å². The van der Waals surface area contributed by atoms with Gasteiger partial charge >= 0.3 is 0 Å². The number of piperidine rings is 1. The molecular formula is C16H16ClN3OS. The van der Waals surface area contributed by atoms with Gasteiger partial charge in [-0.25, -0.2) is 0 Å². The lowest BCUT2D eigenvalue weighted by molar-refractivity contribution is 0.319. The van der Waals surface area contributed by atoms with Crippen molar-refractivity contribution in [3.05, 3.63) is 41.0 Å². The second-order valence-corrected chi connectivity index (χ2v) is 6.76. The van der Waals surface area contributed by atoms with E-state index in [1.165, 1.54) is 6.42 Å². The molecule has 0 amide bonds. The zero-order valence-corrected chi connectivity index (χ0v) is 13.7. The number of halogens is 1. The molecule has 0 bridgehead atoms. The van der Waals surface area contributed by atoms with Gasteiger partial charge in [0.2, 0.25) is 0 Å². The van der Waals surface area contributed by atoms with Crippen molar-refractivity contribution in [2.45, 2.75) is 12.5 Å². The van der Waals surface area contributed by atoms with E-state index >= 15 is 0 Å². The molecule has 2 fully saturated rings. The molecule has 1 saturated carbocycles. The molecule has 4 rings (SSSR count). The van der Waals surface area contributed by atoms with Gasteiger partial charge in [-0.1, -0.05) is 28.9 Å². The minimum atomic E-state index is 0.224. The van der Waals surface area contributed by atoms with Gasteiger partial charge in [0.05, 0.1) is 6.04 Å². The predicted molar refractivity (Wildman–Crippen MR) is 89.7 cm³/mol. The highest BCUT2D eigenvalue weighted by Gasteiger charge is 2.54. The van der Waals surface area contributed by atoms with Crippen molar-refractivity contribution >= 4 is 28.9 Å². The molecule has 1 aliphatic carbocycles. The summed E-state index contributed by atoms with van der Waals surface area (Å²) in [5.41, 5.74) is 1.90. The molecule has 4 nitrogen and oxygen atoms in total. The molecule has 114 valence electrons. The standard InChI is InChI=1S/C16H16ClN3OS/c1-18-16(22)20-8-10-6-12(10)15(20)13-7-14(21-19-13)9-3-2-4-11(17)5-9/h2-5,7,10,12,15H,6,8H2,1H3,(H,18,22)/t10-,12-,15-/m1/s1. The highest BCUT2D eigenvalue weighted by atomic mass is 35.5. The summed E-state index contributed by atoms with van der Waals surface area (Å²) in [5.74, 6) is 2.13. The summed E-state index contributed by atoms with van der Waals surface area (Å²) in [6.45, 7) is 1.01. The molecule has 2 heterocycles. The highest BCUT2D eigenvalue weighted by Crippen LogP contribution is 2.56. The van der Waals surface area contributed by atoms with E-state index in [9.17, 15) is 0 Å². The Bertz CT molecular complexity index is 732. The molecule has 0 unspecified atom stereocenters. The van der Waals surface area contributed by atoms with E-state index in [4.69, 9.17) is 28.3 Å².